The van der Waals surface area contributed by atoms with Crippen LogP contribution in [0.5, 0.6) is 0 Å². The Morgan fingerprint density at radius 2 is 2.36 bits per heavy atom. The van der Waals surface area contributed by atoms with Crippen LogP contribution in [-0.2, 0) is 13.1 Å². The number of hydrogen-bond donors (Lipinski definition) is 1. The zero-order valence-electron chi connectivity index (χ0n) is 13.0. The van der Waals surface area contributed by atoms with Crippen molar-refractivity contribution >= 4 is 6.03 Å². The lowest BCUT2D eigenvalue weighted by Gasteiger charge is -2.24. The van der Waals surface area contributed by atoms with Crippen molar-refractivity contribution in [1.82, 2.24) is 19.8 Å². The molecule has 118 valence electrons. The molecule has 3 rings (SSSR count). The molecule has 1 atom stereocenters. The van der Waals surface area contributed by atoms with Crippen LogP contribution in [0.25, 0.3) is 0 Å². The molecule has 0 saturated heterocycles. The van der Waals surface area contributed by atoms with Crippen molar-refractivity contribution in [2.24, 2.45) is 0 Å². The summed E-state index contributed by atoms with van der Waals surface area (Å²) < 4.78 is 7.56. The van der Waals surface area contributed by atoms with Crippen LogP contribution >= 0.6 is 0 Å². The molecule has 2 heterocycles. The van der Waals surface area contributed by atoms with E-state index in [1.54, 1.807) is 12.5 Å². The third-order valence-corrected chi connectivity index (χ3v) is 3.78. The van der Waals surface area contributed by atoms with Crippen LogP contribution in [-0.4, -0.2) is 32.6 Å². The summed E-state index contributed by atoms with van der Waals surface area (Å²) >= 11 is 0. The molecule has 1 fully saturated rings. The number of carbonyl (C=O) groups is 1. The van der Waals surface area contributed by atoms with E-state index in [2.05, 4.69) is 10.3 Å². The third kappa shape index (κ3) is 3.69. The van der Waals surface area contributed by atoms with Crippen molar-refractivity contribution in [1.29, 1.82) is 0 Å². The number of nitrogens with zero attached hydrogens (tertiary/aromatic N) is 3. The van der Waals surface area contributed by atoms with Gasteiger partial charge in [0.2, 0.25) is 0 Å². The van der Waals surface area contributed by atoms with Gasteiger partial charge in [0.15, 0.2) is 0 Å². The van der Waals surface area contributed by atoms with Gasteiger partial charge in [-0.1, -0.05) is 0 Å². The number of rotatable bonds is 6. The second kappa shape index (κ2) is 6.25. The molecule has 0 aliphatic heterocycles. The summed E-state index contributed by atoms with van der Waals surface area (Å²) in [4.78, 5) is 18.4. The fraction of sp³-hybridized carbons (Fsp3) is 0.500. The number of aryl methyl sites for hydroxylation is 1. The highest BCUT2D eigenvalue weighted by molar-refractivity contribution is 5.75. The van der Waals surface area contributed by atoms with E-state index in [1.165, 1.54) is 0 Å². The summed E-state index contributed by atoms with van der Waals surface area (Å²) in [6.45, 7) is 5.16. The average Bonchev–Trinajstić information content (AvgIpc) is 3.02. The Balaban J connectivity index is 1.57. The molecule has 1 saturated carbocycles. The second-order valence-corrected chi connectivity index (χ2v) is 5.98. The Labute approximate surface area is 130 Å². The predicted molar refractivity (Wildman–Crippen MR) is 82.2 cm³/mol. The van der Waals surface area contributed by atoms with Crippen molar-refractivity contribution in [3.05, 3.63) is 42.4 Å². The minimum Gasteiger partial charge on any atom is -0.464 e. The van der Waals surface area contributed by atoms with Gasteiger partial charge in [-0.05, 0) is 38.8 Å². The van der Waals surface area contributed by atoms with Gasteiger partial charge in [-0.15, -0.1) is 0 Å². The van der Waals surface area contributed by atoms with Crippen LogP contribution in [0, 0.1) is 6.92 Å². The van der Waals surface area contributed by atoms with Crippen LogP contribution in [0.3, 0.4) is 0 Å². The first kappa shape index (κ1) is 14.7. The molecule has 0 bridgehead atoms. The van der Waals surface area contributed by atoms with E-state index in [-0.39, 0.29) is 12.1 Å². The number of furan rings is 1. The molecule has 1 unspecified atom stereocenters. The maximum Gasteiger partial charge on any atom is 0.318 e. The molecule has 2 aromatic heterocycles. The maximum atomic E-state index is 12.5. The molecule has 1 N–H and O–H groups in total. The fourth-order valence-electron chi connectivity index (χ4n) is 2.54. The van der Waals surface area contributed by atoms with Crippen molar-refractivity contribution in [2.75, 3.05) is 0 Å². The quantitative estimate of drug-likeness (QED) is 0.892. The highest BCUT2D eigenvalue weighted by Crippen LogP contribution is 2.28. The third-order valence-electron chi connectivity index (χ3n) is 3.78. The molecule has 0 spiro atoms. The molecule has 1 aliphatic carbocycles. The Morgan fingerprint density at radius 1 is 1.55 bits per heavy atom. The van der Waals surface area contributed by atoms with Gasteiger partial charge in [-0.2, -0.15) is 0 Å². The molecule has 1 aliphatic rings. The van der Waals surface area contributed by atoms with E-state index >= 15 is 0 Å². The highest BCUT2D eigenvalue weighted by Gasteiger charge is 2.33. The number of amides is 2. The van der Waals surface area contributed by atoms with Gasteiger partial charge in [-0.25, -0.2) is 9.78 Å². The van der Waals surface area contributed by atoms with E-state index in [0.29, 0.717) is 19.1 Å². The lowest BCUT2D eigenvalue weighted by molar-refractivity contribution is 0.182. The van der Waals surface area contributed by atoms with Crippen LogP contribution < -0.4 is 5.32 Å². The van der Waals surface area contributed by atoms with Gasteiger partial charge in [-0.3, -0.25) is 0 Å². The lowest BCUT2D eigenvalue weighted by Crippen LogP contribution is -2.45. The molecule has 0 aromatic carbocycles. The van der Waals surface area contributed by atoms with Crippen LogP contribution in [0.4, 0.5) is 4.79 Å². The van der Waals surface area contributed by atoms with Gasteiger partial charge >= 0.3 is 6.03 Å². The number of aromatic nitrogens is 2. The topological polar surface area (TPSA) is 63.3 Å². The highest BCUT2D eigenvalue weighted by atomic mass is 16.3. The standard InChI is InChI=1S/C16H22N4O2/c1-12(9-19-8-7-17-11-19)18-16(21)20(14-4-5-14)10-15-6-3-13(2)22-15/h3,6-8,11-12,14H,4-5,9-10H2,1-2H3,(H,18,21). The summed E-state index contributed by atoms with van der Waals surface area (Å²) in [5.74, 6) is 1.71. The van der Waals surface area contributed by atoms with Gasteiger partial charge in [0.1, 0.15) is 11.5 Å². The van der Waals surface area contributed by atoms with Gasteiger partial charge in [0.05, 0.1) is 12.9 Å². The number of nitrogens with one attached hydrogen (secondary N) is 1. The van der Waals surface area contributed by atoms with Crippen molar-refractivity contribution in [3.63, 3.8) is 0 Å². The maximum absolute atomic E-state index is 12.5. The van der Waals surface area contributed by atoms with Crippen LogP contribution in [0.2, 0.25) is 0 Å². The molecule has 6 heteroatoms. The van der Waals surface area contributed by atoms with Gasteiger partial charge < -0.3 is 19.2 Å². The van der Waals surface area contributed by atoms with E-state index in [1.807, 2.05) is 41.6 Å². The zero-order valence-corrected chi connectivity index (χ0v) is 13.0. The van der Waals surface area contributed by atoms with E-state index in [9.17, 15) is 4.79 Å². The summed E-state index contributed by atoms with van der Waals surface area (Å²) in [5, 5.41) is 3.06. The van der Waals surface area contributed by atoms with Crippen molar-refractivity contribution in [3.8, 4) is 0 Å². The largest absolute Gasteiger partial charge is 0.464 e. The summed E-state index contributed by atoms with van der Waals surface area (Å²) in [6, 6.07) is 4.23. The zero-order chi connectivity index (χ0) is 15.5. The molecule has 2 aromatic rings. The Bertz CT molecular complexity index is 616. The number of urea groups is 1. The first-order chi connectivity index (χ1) is 10.6. The molecule has 2 amide bonds. The summed E-state index contributed by atoms with van der Waals surface area (Å²) in [5.41, 5.74) is 0. The molecular formula is C16H22N4O2. The molecule has 6 nitrogen and oxygen atoms in total. The van der Waals surface area contributed by atoms with E-state index < -0.39 is 0 Å². The SMILES string of the molecule is Cc1ccc(CN(C(=O)NC(C)Cn2ccnc2)C2CC2)o1. The van der Waals surface area contributed by atoms with Gasteiger partial charge in [0, 0.05) is 31.0 Å². The number of hydrogen-bond acceptors (Lipinski definition) is 3. The van der Waals surface area contributed by atoms with Crippen LogP contribution in [0.1, 0.15) is 31.3 Å². The first-order valence-electron chi connectivity index (χ1n) is 7.70. The fourth-order valence-corrected chi connectivity index (χ4v) is 2.54. The summed E-state index contributed by atoms with van der Waals surface area (Å²) in [6.07, 6.45) is 7.54. The van der Waals surface area contributed by atoms with Crippen molar-refractivity contribution < 1.29 is 9.21 Å². The molecule has 0 radical (unpaired) electrons. The normalized spacial score (nSPS) is 15.5. The minimum absolute atomic E-state index is 0.0239. The lowest BCUT2D eigenvalue weighted by atomic mass is 10.3. The van der Waals surface area contributed by atoms with E-state index in [0.717, 1.165) is 24.4 Å². The number of carbonyl (C=O) groups excluding carboxylic acids is 1. The minimum atomic E-state index is -0.0239. The summed E-state index contributed by atoms with van der Waals surface area (Å²) in [7, 11) is 0. The van der Waals surface area contributed by atoms with E-state index in [4.69, 9.17) is 4.42 Å². The predicted octanol–water partition coefficient (Wildman–Crippen LogP) is 2.55. The molecule has 22 heavy (non-hydrogen) atoms. The Kier molecular flexibility index (Phi) is 4.18. The monoisotopic (exact) mass is 302 g/mol. The smallest absolute Gasteiger partial charge is 0.318 e. The van der Waals surface area contributed by atoms with Crippen molar-refractivity contribution in [2.45, 2.75) is 51.9 Å². The molecular weight excluding hydrogens is 280 g/mol. The first-order valence-corrected chi connectivity index (χ1v) is 7.70. The number of imidazole rings is 1. The Morgan fingerprint density at radius 3 is 2.95 bits per heavy atom. The second-order valence-electron chi connectivity index (χ2n) is 5.98. The average molecular weight is 302 g/mol. The Hall–Kier alpha value is -2.24. The van der Waals surface area contributed by atoms with Gasteiger partial charge in [0.25, 0.3) is 0 Å². The van der Waals surface area contributed by atoms with Crippen LogP contribution in [0.15, 0.2) is 35.3 Å².